The highest BCUT2D eigenvalue weighted by Crippen LogP contribution is 2.32. The van der Waals surface area contributed by atoms with E-state index in [2.05, 4.69) is 46.9 Å². The van der Waals surface area contributed by atoms with Crippen molar-refractivity contribution in [3.63, 3.8) is 0 Å². The summed E-state index contributed by atoms with van der Waals surface area (Å²) in [5, 5.41) is 3.58. The lowest BCUT2D eigenvalue weighted by Gasteiger charge is -2.19. The van der Waals surface area contributed by atoms with Crippen LogP contribution in [0.1, 0.15) is 0 Å². The van der Waals surface area contributed by atoms with Crippen molar-refractivity contribution in [2.45, 2.75) is 12.1 Å². The molecule has 2 nitrogen and oxygen atoms in total. The summed E-state index contributed by atoms with van der Waals surface area (Å²) in [7, 11) is 0. The first-order chi connectivity index (χ1) is 6.45. The molecule has 3 aliphatic rings. The van der Waals surface area contributed by atoms with E-state index in [0.717, 1.165) is 0 Å². The van der Waals surface area contributed by atoms with Gasteiger partial charge in [0.2, 0.25) is 0 Å². The first-order valence-electron chi connectivity index (χ1n) is 4.76. The predicted octanol–water partition coefficient (Wildman–Crippen LogP) is 1.28. The smallest absolute Gasteiger partial charge is 0.0357 e. The molecular formula is C11H12N2. The number of nitrogens with one attached hydrogen (secondary N) is 1. The average Bonchev–Trinajstić information content (AvgIpc) is 2.56. The van der Waals surface area contributed by atoms with Crippen molar-refractivity contribution in [1.29, 1.82) is 0 Å². The van der Waals surface area contributed by atoms with Crippen molar-refractivity contribution < 1.29 is 0 Å². The molecule has 0 amide bonds. The molecule has 0 radical (unpaired) electrons. The van der Waals surface area contributed by atoms with Crippen LogP contribution < -0.4 is 5.32 Å². The Labute approximate surface area is 77.7 Å². The van der Waals surface area contributed by atoms with Crippen LogP contribution in [0.5, 0.6) is 0 Å². The van der Waals surface area contributed by atoms with E-state index in [1.54, 1.807) is 0 Å². The largest absolute Gasteiger partial charge is 0.303 e. The lowest BCUT2D eigenvalue weighted by Crippen LogP contribution is -2.30. The van der Waals surface area contributed by atoms with Gasteiger partial charge in [0, 0.05) is 36.3 Å². The summed E-state index contributed by atoms with van der Waals surface area (Å²) in [6.45, 7) is 0. The molecule has 0 spiro atoms. The lowest BCUT2D eigenvalue weighted by molar-refractivity contribution is 0.563. The summed E-state index contributed by atoms with van der Waals surface area (Å²) >= 11 is 0. The second-order valence-electron chi connectivity index (χ2n) is 3.78. The Hall–Kier alpha value is -1.15. The standard InChI is InChI=1S/C11H12N2/c1-2-4-10-8(3-1)9-7-12-6-5-11(9)13-10/h1-11,13H. The van der Waals surface area contributed by atoms with Crippen LogP contribution in [-0.4, -0.2) is 18.3 Å². The van der Waals surface area contributed by atoms with Gasteiger partial charge in [-0.05, 0) is 6.08 Å². The van der Waals surface area contributed by atoms with Gasteiger partial charge in [0.25, 0.3) is 0 Å². The van der Waals surface area contributed by atoms with Crippen LogP contribution in [-0.2, 0) is 0 Å². The molecule has 0 aromatic rings. The molecule has 4 unspecified atom stereocenters. The van der Waals surface area contributed by atoms with Crippen molar-refractivity contribution in [2.24, 2.45) is 16.8 Å². The minimum Gasteiger partial charge on any atom is -0.303 e. The van der Waals surface area contributed by atoms with Crippen molar-refractivity contribution >= 4 is 6.21 Å². The molecule has 1 N–H and O–H groups in total. The third kappa shape index (κ3) is 1.02. The van der Waals surface area contributed by atoms with E-state index in [1.165, 1.54) is 0 Å². The fourth-order valence-electron chi connectivity index (χ4n) is 2.40. The van der Waals surface area contributed by atoms with E-state index >= 15 is 0 Å². The number of fused-ring (bicyclic) bond motifs is 3. The number of allylic oxidation sites excluding steroid dienone is 2. The second-order valence-corrected chi connectivity index (χ2v) is 3.78. The normalized spacial score (nSPS) is 44.9. The van der Waals surface area contributed by atoms with Gasteiger partial charge < -0.3 is 5.32 Å². The molecule has 1 fully saturated rings. The van der Waals surface area contributed by atoms with Gasteiger partial charge in [0.05, 0.1) is 0 Å². The summed E-state index contributed by atoms with van der Waals surface area (Å²) in [5.41, 5.74) is 0. The van der Waals surface area contributed by atoms with E-state index < -0.39 is 0 Å². The van der Waals surface area contributed by atoms with E-state index in [0.29, 0.717) is 23.9 Å². The SMILES string of the molecule is C1=CC2NC3C=CN=CC3C2C=C1. The zero-order valence-corrected chi connectivity index (χ0v) is 7.30. The van der Waals surface area contributed by atoms with Crippen LogP contribution in [0.15, 0.2) is 41.6 Å². The summed E-state index contributed by atoms with van der Waals surface area (Å²) in [6.07, 6.45) is 14.9. The van der Waals surface area contributed by atoms with Crippen LogP contribution in [0.3, 0.4) is 0 Å². The first-order valence-corrected chi connectivity index (χ1v) is 4.76. The molecule has 3 rings (SSSR count). The lowest BCUT2D eigenvalue weighted by atomic mass is 9.85. The maximum Gasteiger partial charge on any atom is 0.0357 e. The molecule has 1 saturated heterocycles. The zero-order chi connectivity index (χ0) is 8.67. The number of aliphatic imine (C=N–C) groups is 1. The summed E-state index contributed by atoms with van der Waals surface area (Å²) < 4.78 is 0. The Morgan fingerprint density at radius 1 is 0.923 bits per heavy atom. The third-order valence-electron chi connectivity index (χ3n) is 3.06. The second kappa shape index (κ2) is 2.67. The van der Waals surface area contributed by atoms with Crippen molar-refractivity contribution in [1.82, 2.24) is 5.32 Å². The molecule has 1 aliphatic carbocycles. The molecule has 0 aromatic carbocycles. The summed E-state index contributed by atoms with van der Waals surface area (Å²) in [4.78, 5) is 4.21. The summed E-state index contributed by atoms with van der Waals surface area (Å²) in [6, 6.07) is 0.995. The highest BCUT2D eigenvalue weighted by molar-refractivity contribution is 5.67. The molecule has 2 heteroatoms. The van der Waals surface area contributed by atoms with Gasteiger partial charge in [0.1, 0.15) is 0 Å². The zero-order valence-electron chi connectivity index (χ0n) is 7.30. The van der Waals surface area contributed by atoms with Gasteiger partial charge in [-0.15, -0.1) is 0 Å². The molecule has 13 heavy (non-hydrogen) atoms. The molecule has 0 bridgehead atoms. The number of nitrogens with zero attached hydrogens (tertiary/aromatic N) is 1. The van der Waals surface area contributed by atoms with Crippen LogP contribution in [0.2, 0.25) is 0 Å². The average molecular weight is 172 g/mol. The van der Waals surface area contributed by atoms with Gasteiger partial charge in [0.15, 0.2) is 0 Å². The van der Waals surface area contributed by atoms with Gasteiger partial charge in [-0.3, -0.25) is 4.99 Å². The van der Waals surface area contributed by atoms with Gasteiger partial charge in [-0.25, -0.2) is 0 Å². The number of hydrogen-bond donors (Lipinski definition) is 1. The Bertz CT molecular complexity index is 293. The molecule has 0 aromatic heterocycles. The number of hydrogen-bond acceptors (Lipinski definition) is 2. The van der Waals surface area contributed by atoms with Crippen LogP contribution >= 0.6 is 0 Å². The minimum absolute atomic E-state index is 0.486. The Balaban J connectivity index is 1.95. The minimum atomic E-state index is 0.486. The van der Waals surface area contributed by atoms with Crippen molar-refractivity contribution in [3.8, 4) is 0 Å². The highest BCUT2D eigenvalue weighted by atomic mass is 15.0. The predicted molar refractivity (Wildman–Crippen MR) is 53.6 cm³/mol. The molecule has 0 saturated carbocycles. The fourth-order valence-corrected chi connectivity index (χ4v) is 2.40. The molecular weight excluding hydrogens is 160 g/mol. The Morgan fingerprint density at radius 2 is 1.77 bits per heavy atom. The Morgan fingerprint density at radius 3 is 2.77 bits per heavy atom. The quantitative estimate of drug-likeness (QED) is 0.585. The third-order valence-corrected chi connectivity index (χ3v) is 3.06. The first kappa shape index (κ1) is 7.27. The molecule has 2 heterocycles. The van der Waals surface area contributed by atoms with Crippen molar-refractivity contribution in [2.75, 3.05) is 0 Å². The van der Waals surface area contributed by atoms with E-state index in [9.17, 15) is 0 Å². The van der Waals surface area contributed by atoms with Crippen LogP contribution in [0, 0.1) is 11.8 Å². The van der Waals surface area contributed by atoms with Gasteiger partial charge in [-0.2, -0.15) is 0 Å². The van der Waals surface area contributed by atoms with Gasteiger partial charge in [-0.1, -0.05) is 24.3 Å². The molecule has 2 aliphatic heterocycles. The van der Waals surface area contributed by atoms with Crippen LogP contribution in [0.4, 0.5) is 0 Å². The monoisotopic (exact) mass is 172 g/mol. The maximum absolute atomic E-state index is 4.21. The molecule has 4 atom stereocenters. The van der Waals surface area contributed by atoms with E-state index in [1.807, 2.05) is 6.20 Å². The summed E-state index contributed by atoms with van der Waals surface area (Å²) in [5.74, 6) is 1.15. The van der Waals surface area contributed by atoms with Crippen molar-refractivity contribution in [3.05, 3.63) is 36.6 Å². The van der Waals surface area contributed by atoms with Gasteiger partial charge >= 0.3 is 0 Å². The highest BCUT2D eigenvalue weighted by Gasteiger charge is 2.39. The topological polar surface area (TPSA) is 24.4 Å². The molecule has 66 valence electrons. The number of rotatable bonds is 0. The van der Waals surface area contributed by atoms with Crippen LogP contribution in [0.25, 0.3) is 0 Å². The van der Waals surface area contributed by atoms with E-state index in [4.69, 9.17) is 0 Å². The van der Waals surface area contributed by atoms with E-state index in [-0.39, 0.29) is 0 Å². The fraction of sp³-hybridized carbons (Fsp3) is 0.364. The maximum atomic E-state index is 4.21. The Kier molecular flexibility index (Phi) is 1.49.